The number of urea groups is 1. The monoisotopic (exact) mass is 287 g/mol. The van der Waals surface area contributed by atoms with Crippen LogP contribution in [-0.2, 0) is 16.0 Å². The average molecular weight is 287 g/mol. The van der Waals surface area contributed by atoms with E-state index < -0.39 is 11.6 Å². The van der Waals surface area contributed by atoms with Crippen LogP contribution in [-0.4, -0.2) is 41.4 Å². The molecule has 6 nitrogen and oxygen atoms in total. The molecule has 2 aliphatic heterocycles. The fourth-order valence-corrected chi connectivity index (χ4v) is 2.90. The third-order valence-electron chi connectivity index (χ3n) is 4.18. The van der Waals surface area contributed by atoms with Crippen LogP contribution >= 0.6 is 0 Å². The molecule has 1 aromatic rings. The lowest BCUT2D eigenvalue weighted by Crippen LogP contribution is -2.55. The maximum atomic E-state index is 12.3. The average Bonchev–Trinajstić information content (AvgIpc) is 2.74. The quantitative estimate of drug-likeness (QED) is 0.774. The number of amides is 4. The molecule has 21 heavy (non-hydrogen) atoms. The standard InChI is InChI=1S/C15H17N3O3/c19-12(10-11-4-2-1-3-5-11)18-8-6-15(7-9-18)13(20)16-14(21)17-15/h1-5H,6-10H2,(H2,16,17,20,21). The summed E-state index contributed by atoms with van der Waals surface area (Å²) in [7, 11) is 0. The number of hydrogen-bond donors (Lipinski definition) is 2. The number of piperidine rings is 1. The SMILES string of the molecule is O=C1NC(=O)C2(CCN(C(=O)Cc3ccccc3)CC2)N1. The Balaban J connectivity index is 1.60. The first-order valence-corrected chi connectivity index (χ1v) is 7.04. The summed E-state index contributed by atoms with van der Waals surface area (Å²) in [6.45, 7) is 0.971. The van der Waals surface area contributed by atoms with Crippen LogP contribution in [0.25, 0.3) is 0 Å². The minimum atomic E-state index is -0.819. The van der Waals surface area contributed by atoms with E-state index in [-0.39, 0.29) is 11.8 Å². The van der Waals surface area contributed by atoms with E-state index in [4.69, 9.17) is 0 Å². The smallest absolute Gasteiger partial charge is 0.322 e. The summed E-state index contributed by atoms with van der Waals surface area (Å²) in [4.78, 5) is 37.1. The van der Waals surface area contributed by atoms with Gasteiger partial charge < -0.3 is 10.2 Å². The van der Waals surface area contributed by atoms with Gasteiger partial charge in [0.05, 0.1) is 6.42 Å². The highest BCUT2D eigenvalue weighted by Gasteiger charge is 2.48. The molecule has 0 unspecified atom stereocenters. The highest BCUT2D eigenvalue weighted by Crippen LogP contribution is 2.25. The summed E-state index contributed by atoms with van der Waals surface area (Å²) in [6.07, 6.45) is 1.29. The Bertz CT molecular complexity index is 577. The zero-order chi connectivity index (χ0) is 14.9. The van der Waals surface area contributed by atoms with Crippen LogP contribution in [0.3, 0.4) is 0 Å². The molecule has 0 radical (unpaired) electrons. The molecule has 0 saturated carbocycles. The summed E-state index contributed by atoms with van der Waals surface area (Å²) in [6, 6.07) is 9.14. The van der Waals surface area contributed by atoms with Crippen LogP contribution in [0.2, 0.25) is 0 Å². The van der Waals surface area contributed by atoms with Crippen molar-refractivity contribution in [2.75, 3.05) is 13.1 Å². The second kappa shape index (κ2) is 5.20. The van der Waals surface area contributed by atoms with Crippen molar-refractivity contribution in [3.05, 3.63) is 35.9 Å². The van der Waals surface area contributed by atoms with E-state index in [9.17, 15) is 14.4 Å². The van der Waals surface area contributed by atoms with Gasteiger partial charge in [-0.3, -0.25) is 14.9 Å². The number of benzene rings is 1. The summed E-state index contributed by atoms with van der Waals surface area (Å²) in [5, 5.41) is 4.96. The Labute approximate surface area is 122 Å². The highest BCUT2D eigenvalue weighted by molar-refractivity contribution is 6.07. The van der Waals surface area contributed by atoms with Crippen molar-refractivity contribution in [3.8, 4) is 0 Å². The summed E-state index contributed by atoms with van der Waals surface area (Å²) in [5.74, 6) is -0.219. The molecule has 110 valence electrons. The number of rotatable bonds is 2. The molecule has 2 aliphatic rings. The molecule has 4 amide bonds. The first-order chi connectivity index (χ1) is 10.1. The number of nitrogens with one attached hydrogen (secondary N) is 2. The van der Waals surface area contributed by atoms with Crippen LogP contribution in [0.1, 0.15) is 18.4 Å². The van der Waals surface area contributed by atoms with Gasteiger partial charge in [-0.25, -0.2) is 4.79 Å². The van der Waals surface area contributed by atoms with Crippen LogP contribution in [0, 0.1) is 0 Å². The maximum absolute atomic E-state index is 12.3. The molecule has 3 rings (SSSR count). The van der Waals surface area contributed by atoms with Gasteiger partial charge in [0, 0.05) is 13.1 Å². The van der Waals surface area contributed by atoms with Crippen LogP contribution < -0.4 is 10.6 Å². The van der Waals surface area contributed by atoms with Gasteiger partial charge in [0.1, 0.15) is 5.54 Å². The second-order valence-corrected chi connectivity index (χ2v) is 5.53. The van der Waals surface area contributed by atoms with Gasteiger partial charge in [0.2, 0.25) is 5.91 Å². The summed E-state index contributed by atoms with van der Waals surface area (Å²) >= 11 is 0. The number of imide groups is 1. The number of nitrogens with zero attached hydrogens (tertiary/aromatic N) is 1. The molecule has 6 heteroatoms. The Kier molecular flexibility index (Phi) is 3.37. The lowest BCUT2D eigenvalue weighted by molar-refractivity contribution is -0.135. The molecule has 0 aliphatic carbocycles. The van der Waals surface area contributed by atoms with E-state index in [0.29, 0.717) is 32.4 Å². The third-order valence-corrected chi connectivity index (χ3v) is 4.18. The first kappa shape index (κ1) is 13.6. The van der Waals surface area contributed by atoms with E-state index in [2.05, 4.69) is 10.6 Å². The minimum absolute atomic E-state index is 0.0563. The van der Waals surface area contributed by atoms with Crippen molar-refractivity contribution in [1.29, 1.82) is 0 Å². The molecule has 0 aromatic heterocycles. The molecule has 1 spiro atoms. The predicted molar refractivity (Wildman–Crippen MR) is 75.4 cm³/mol. The third kappa shape index (κ3) is 2.61. The zero-order valence-electron chi connectivity index (χ0n) is 11.6. The molecular formula is C15H17N3O3. The minimum Gasteiger partial charge on any atom is -0.342 e. The lowest BCUT2D eigenvalue weighted by Gasteiger charge is -2.37. The highest BCUT2D eigenvalue weighted by atomic mass is 16.2. The Morgan fingerprint density at radius 1 is 1.14 bits per heavy atom. The van der Waals surface area contributed by atoms with Gasteiger partial charge in [-0.15, -0.1) is 0 Å². The fourth-order valence-electron chi connectivity index (χ4n) is 2.90. The van der Waals surface area contributed by atoms with Gasteiger partial charge in [0.15, 0.2) is 0 Å². The summed E-state index contributed by atoms with van der Waals surface area (Å²) < 4.78 is 0. The number of carbonyl (C=O) groups is 3. The molecule has 2 N–H and O–H groups in total. The van der Waals surface area contributed by atoms with Crippen LogP contribution in [0.15, 0.2) is 30.3 Å². The molecule has 0 bridgehead atoms. The fraction of sp³-hybridized carbons (Fsp3) is 0.400. The van der Waals surface area contributed by atoms with Crippen molar-refractivity contribution in [2.24, 2.45) is 0 Å². The van der Waals surface area contributed by atoms with E-state index in [0.717, 1.165) is 5.56 Å². The normalized spacial score (nSPS) is 20.3. The van der Waals surface area contributed by atoms with Crippen molar-refractivity contribution < 1.29 is 14.4 Å². The molecule has 2 fully saturated rings. The van der Waals surface area contributed by atoms with Crippen molar-refractivity contribution in [3.63, 3.8) is 0 Å². The topological polar surface area (TPSA) is 78.5 Å². The Morgan fingerprint density at radius 3 is 2.38 bits per heavy atom. The maximum Gasteiger partial charge on any atom is 0.322 e. The number of hydrogen-bond acceptors (Lipinski definition) is 3. The van der Waals surface area contributed by atoms with Crippen LogP contribution in [0.4, 0.5) is 4.79 Å². The molecule has 1 aromatic carbocycles. The number of likely N-dealkylation sites (tertiary alicyclic amines) is 1. The largest absolute Gasteiger partial charge is 0.342 e. The van der Waals surface area contributed by atoms with E-state index >= 15 is 0 Å². The van der Waals surface area contributed by atoms with Crippen molar-refractivity contribution >= 4 is 17.8 Å². The van der Waals surface area contributed by atoms with Gasteiger partial charge in [0.25, 0.3) is 5.91 Å². The van der Waals surface area contributed by atoms with Crippen molar-refractivity contribution in [1.82, 2.24) is 15.5 Å². The number of carbonyl (C=O) groups excluding carboxylic acids is 3. The lowest BCUT2D eigenvalue weighted by atomic mass is 9.87. The molecule has 0 atom stereocenters. The van der Waals surface area contributed by atoms with Gasteiger partial charge in [-0.05, 0) is 18.4 Å². The second-order valence-electron chi connectivity index (χ2n) is 5.53. The first-order valence-electron chi connectivity index (χ1n) is 7.04. The summed E-state index contributed by atoms with van der Waals surface area (Å²) in [5.41, 5.74) is 0.162. The Morgan fingerprint density at radius 2 is 1.81 bits per heavy atom. The van der Waals surface area contributed by atoms with Gasteiger partial charge in [-0.1, -0.05) is 30.3 Å². The van der Waals surface area contributed by atoms with Crippen molar-refractivity contribution in [2.45, 2.75) is 24.8 Å². The molecule has 2 saturated heterocycles. The Hall–Kier alpha value is -2.37. The van der Waals surface area contributed by atoms with E-state index in [1.165, 1.54) is 0 Å². The zero-order valence-corrected chi connectivity index (χ0v) is 11.6. The predicted octanol–water partition coefficient (Wildman–Crippen LogP) is 0.430. The van der Waals surface area contributed by atoms with Gasteiger partial charge in [-0.2, -0.15) is 0 Å². The van der Waals surface area contributed by atoms with Crippen LogP contribution in [0.5, 0.6) is 0 Å². The van der Waals surface area contributed by atoms with E-state index in [1.807, 2.05) is 30.3 Å². The van der Waals surface area contributed by atoms with E-state index in [1.54, 1.807) is 4.90 Å². The van der Waals surface area contributed by atoms with Gasteiger partial charge >= 0.3 is 6.03 Å². The molecular weight excluding hydrogens is 270 g/mol. The molecule has 2 heterocycles.